The summed E-state index contributed by atoms with van der Waals surface area (Å²) in [7, 11) is 0. The molecule has 28 heavy (non-hydrogen) atoms. The van der Waals surface area contributed by atoms with Crippen LogP contribution < -0.4 is 5.73 Å². The lowest BCUT2D eigenvalue weighted by atomic mass is 9.89. The predicted octanol–water partition coefficient (Wildman–Crippen LogP) is 2.82. The van der Waals surface area contributed by atoms with Gasteiger partial charge in [0.05, 0.1) is 18.8 Å². The number of rotatable bonds is 10. The lowest BCUT2D eigenvalue weighted by Gasteiger charge is -2.28. The third-order valence-corrected chi connectivity index (χ3v) is 5.20. The monoisotopic (exact) mass is 382 g/mol. The standard InChI is InChI=1S/C23H30N2O3/c24-23(27)13-14-25(15-18-7-2-1-3-8-18)16-20(26)17-28-22-12-6-10-19-9-4-5-11-21(19)22/h1-5,7-9,11,20,22,26H,6,10,12-17H2,(H2,24,27)/t20-,22-/m1/s1. The largest absolute Gasteiger partial charge is 0.389 e. The van der Waals surface area contributed by atoms with Gasteiger partial charge in [0, 0.05) is 26.1 Å². The summed E-state index contributed by atoms with van der Waals surface area (Å²) in [4.78, 5) is 13.3. The molecular formula is C23H30N2O3. The van der Waals surface area contributed by atoms with Crippen molar-refractivity contribution in [2.45, 2.75) is 44.4 Å². The molecule has 2 aromatic rings. The summed E-state index contributed by atoms with van der Waals surface area (Å²) in [6.07, 6.45) is 2.89. The Morgan fingerprint density at radius 2 is 1.93 bits per heavy atom. The van der Waals surface area contributed by atoms with Crippen LogP contribution in [0, 0.1) is 0 Å². The number of nitrogens with zero attached hydrogens (tertiary/aromatic N) is 1. The number of fused-ring (bicyclic) bond motifs is 1. The van der Waals surface area contributed by atoms with Crippen LogP contribution in [0.4, 0.5) is 0 Å². The summed E-state index contributed by atoms with van der Waals surface area (Å²) in [6, 6.07) is 18.4. The van der Waals surface area contributed by atoms with E-state index >= 15 is 0 Å². The van der Waals surface area contributed by atoms with Crippen LogP contribution in [0.5, 0.6) is 0 Å². The molecular weight excluding hydrogens is 352 g/mol. The topological polar surface area (TPSA) is 75.8 Å². The van der Waals surface area contributed by atoms with Gasteiger partial charge in [0.15, 0.2) is 0 Å². The normalized spacial score (nSPS) is 17.3. The number of nitrogens with two attached hydrogens (primary N) is 1. The van der Waals surface area contributed by atoms with Crippen molar-refractivity contribution in [3.05, 3.63) is 71.3 Å². The maximum Gasteiger partial charge on any atom is 0.218 e. The number of hydrogen-bond donors (Lipinski definition) is 2. The molecule has 0 heterocycles. The van der Waals surface area contributed by atoms with Gasteiger partial charge >= 0.3 is 0 Å². The second-order valence-corrected chi connectivity index (χ2v) is 7.50. The highest BCUT2D eigenvalue weighted by molar-refractivity contribution is 5.73. The SMILES string of the molecule is NC(=O)CCN(Cc1ccccc1)C[C@@H](O)CO[C@@H]1CCCc2ccccc21. The van der Waals surface area contributed by atoms with E-state index in [9.17, 15) is 9.90 Å². The zero-order valence-corrected chi connectivity index (χ0v) is 16.3. The molecule has 0 aliphatic heterocycles. The molecule has 2 aromatic carbocycles. The molecule has 1 aliphatic rings. The first-order valence-corrected chi connectivity index (χ1v) is 10.0. The second-order valence-electron chi connectivity index (χ2n) is 7.50. The third kappa shape index (κ3) is 6.16. The van der Waals surface area contributed by atoms with Crippen molar-refractivity contribution in [1.29, 1.82) is 0 Å². The number of carbonyl (C=O) groups is 1. The first-order valence-electron chi connectivity index (χ1n) is 10.0. The van der Waals surface area contributed by atoms with E-state index < -0.39 is 6.10 Å². The summed E-state index contributed by atoms with van der Waals surface area (Å²) in [5.41, 5.74) is 9.05. The Labute approximate surface area is 167 Å². The van der Waals surface area contributed by atoms with E-state index in [1.54, 1.807) is 0 Å². The molecule has 0 saturated carbocycles. The van der Waals surface area contributed by atoms with Crippen molar-refractivity contribution in [3.63, 3.8) is 0 Å². The Bertz CT molecular complexity index is 751. The van der Waals surface area contributed by atoms with Gasteiger partial charge in [-0.05, 0) is 36.0 Å². The van der Waals surface area contributed by atoms with E-state index in [4.69, 9.17) is 10.5 Å². The van der Waals surface area contributed by atoms with Crippen LogP contribution in [0.15, 0.2) is 54.6 Å². The van der Waals surface area contributed by atoms with Crippen LogP contribution in [-0.4, -0.2) is 41.7 Å². The van der Waals surface area contributed by atoms with Crippen LogP contribution >= 0.6 is 0 Å². The molecule has 150 valence electrons. The molecule has 0 saturated heterocycles. The number of aryl methyl sites for hydroxylation is 1. The minimum absolute atomic E-state index is 0.0489. The van der Waals surface area contributed by atoms with Gasteiger partial charge in [-0.3, -0.25) is 9.69 Å². The Hall–Kier alpha value is -2.21. The molecule has 0 spiro atoms. The number of benzene rings is 2. The van der Waals surface area contributed by atoms with E-state index in [0.717, 1.165) is 24.8 Å². The molecule has 0 bridgehead atoms. The predicted molar refractivity (Wildman–Crippen MR) is 110 cm³/mol. The van der Waals surface area contributed by atoms with Gasteiger partial charge in [-0.15, -0.1) is 0 Å². The fourth-order valence-corrected chi connectivity index (χ4v) is 3.81. The summed E-state index contributed by atoms with van der Waals surface area (Å²) in [5.74, 6) is -0.331. The summed E-state index contributed by atoms with van der Waals surface area (Å²) >= 11 is 0. The molecule has 0 unspecified atom stereocenters. The number of carbonyl (C=O) groups excluding carboxylic acids is 1. The number of primary amides is 1. The van der Waals surface area contributed by atoms with Crippen molar-refractivity contribution in [2.75, 3.05) is 19.7 Å². The van der Waals surface area contributed by atoms with E-state index in [2.05, 4.69) is 23.1 Å². The molecule has 1 amide bonds. The Morgan fingerprint density at radius 3 is 2.71 bits per heavy atom. The molecule has 5 nitrogen and oxygen atoms in total. The molecule has 0 fully saturated rings. The average Bonchev–Trinajstić information content (AvgIpc) is 2.71. The van der Waals surface area contributed by atoms with Crippen LogP contribution in [0.1, 0.15) is 42.1 Å². The number of amides is 1. The lowest BCUT2D eigenvalue weighted by Crippen LogP contribution is -2.37. The van der Waals surface area contributed by atoms with Gasteiger partial charge in [0.1, 0.15) is 0 Å². The third-order valence-electron chi connectivity index (χ3n) is 5.20. The van der Waals surface area contributed by atoms with Crippen molar-refractivity contribution in [3.8, 4) is 0 Å². The second kappa shape index (κ2) is 10.4. The van der Waals surface area contributed by atoms with E-state index in [0.29, 0.717) is 19.6 Å². The van der Waals surface area contributed by atoms with Gasteiger partial charge in [0.25, 0.3) is 0 Å². The fourth-order valence-electron chi connectivity index (χ4n) is 3.81. The Kier molecular flexibility index (Phi) is 7.60. The van der Waals surface area contributed by atoms with Gasteiger partial charge in [-0.2, -0.15) is 0 Å². The molecule has 3 rings (SSSR count). The molecule has 5 heteroatoms. The van der Waals surface area contributed by atoms with E-state index in [1.807, 2.05) is 36.4 Å². The minimum Gasteiger partial charge on any atom is -0.389 e. The highest BCUT2D eigenvalue weighted by atomic mass is 16.5. The van der Waals surface area contributed by atoms with E-state index in [1.165, 1.54) is 11.1 Å². The van der Waals surface area contributed by atoms with Crippen molar-refractivity contribution >= 4 is 5.91 Å². The maximum atomic E-state index is 11.2. The summed E-state index contributed by atoms with van der Waals surface area (Å²) in [5, 5.41) is 10.6. The Balaban J connectivity index is 1.54. The van der Waals surface area contributed by atoms with Crippen LogP contribution in [0.3, 0.4) is 0 Å². The molecule has 0 aromatic heterocycles. The molecule has 2 atom stereocenters. The average molecular weight is 383 g/mol. The van der Waals surface area contributed by atoms with Gasteiger partial charge in [-0.1, -0.05) is 54.6 Å². The first kappa shape index (κ1) is 20.5. The zero-order valence-electron chi connectivity index (χ0n) is 16.3. The van der Waals surface area contributed by atoms with Crippen LogP contribution in [-0.2, 0) is 22.5 Å². The fraction of sp³-hybridized carbons (Fsp3) is 0.435. The van der Waals surface area contributed by atoms with Crippen molar-refractivity contribution in [2.24, 2.45) is 5.73 Å². The van der Waals surface area contributed by atoms with Crippen molar-refractivity contribution < 1.29 is 14.6 Å². The minimum atomic E-state index is -0.620. The highest BCUT2D eigenvalue weighted by Crippen LogP contribution is 2.32. The van der Waals surface area contributed by atoms with Crippen LogP contribution in [0.25, 0.3) is 0 Å². The lowest BCUT2D eigenvalue weighted by molar-refractivity contribution is -0.118. The maximum absolute atomic E-state index is 11.2. The number of aliphatic hydroxyl groups is 1. The number of aliphatic hydroxyl groups excluding tert-OH is 1. The quantitative estimate of drug-likeness (QED) is 0.663. The van der Waals surface area contributed by atoms with Crippen molar-refractivity contribution in [1.82, 2.24) is 4.90 Å². The van der Waals surface area contributed by atoms with Gasteiger partial charge in [-0.25, -0.2) is 0 Å². The highest BCUT2D eigenvalue weighted by Gasteiger charge is 2.22. The zero-order chi connectivity index (χ0) is 19.8. The molecule has 0 radical (unpaired) electrons. The summed E-state index contributed by atoms with van der Waals surface area (Å²) in [6.45, 7) is 1.91. The smallest absolute Gasteiger partial charge is 0.218 e. The van der Waals surface area contributed by atoms with E-state index in [-0.39, 0.29) is 25.0 Å². The van der Waals surface area contributed by atoms with Gasteiger partial charge in [0.2, 0.25) is 5.91 Å². The van der Waals surface area contributed by atoms with Crippen LogP contribution in [0.2, 0.25) is 0 Å². The van der Waals surface area contributed by atoms with Gasteiger partial charge < -0.3 is 15.6 Å². The molecule has 3 N–H and O–H groups in total. The summed E-state index contributed by atoms with van der Waals surface area (Å²) < 4.78 is 6.08. The molecule has 1 aliphatic carbocycles. The number of hydrogen-bond acceptors (Lipinski definition) is 4. The first-order chi connectivity index (χ1) is 13.6. The Morgan fingerprint density at radius 1 is 1.18 bits per heavy atom. The number of ether oxygens (including phenoxy) is 1.